The number of aliphatic hydroxyl groups is 1. The van der Waals surface area contributed by atoms with Gasteiger partial charge in [-0.15, -0.1) is 5.10 Å². The van der Waals surface area contributed by atoms with Gasteiger partial charge in [0.25, 0.3) is 0 Å². The zero-order chi connectivity index (χ0) is 15.7. The van der Waals surface area contributed by atoms with Crippen molar-refractivity contribution in [2.75, 3.05) is 0 Å². The largest absolute Gasteiger partial charge is 0.508 e. The van der Waals surface area contributed by atoms with Crippen LogP contribution in [0.15, 0.2) is 48.5 Å². The third kappa shape index (κ3) is 2.44. The minimum atomic E-state index is -0.696. The highest BCUT2D eigenvalue weighted by molar-refractivity contribution is 5.74. The summed E-state index contributed by atoms with van der Waals surface area (Å²) in [5.41, 5.74) is 2.23. The van der Waals surface area contributed by atoms with Crippen molar-refractivity contribution in [2.24, 2.45) is 5.92 Å². The number of para-hydroxylation sites is 2. The summed E-state index contributed by atoms with van der Waals surface area (Å²) in [5.74, 6) is 0.152. The molecule has 0 aliphatic heterocycles. The summed E-state index contributed by atoms with van der Waals surface area (Å²) in [6.07, 6.45) is -0.696. The van der Waals surface area contributed by atoms with Crippen LogP contribution in [0, 0.1) is 5.92 Å². The first-order valence-corrected chi connectivity index (χ1v) is 7.35. The molecule has 3 rings (SSSR count). The first-order valence-electron chi connectivity index (χ1n) is 7.35. The highest BCUT2D eigenvalue weighted by Crippen LogP contribution is 2.33. The number of benzene rings is 2. The van der Waals surface area contributed by atoms with E-state index in [1.165, 1.54) is 0 Å². The van der Waals surface area contributed by atoms with Crippen LogP contribution in [0.1, 0.15) is 25.5 Å². The summed E-state index contributed by atoms with van der Waals surface area (Å²) in [5, 5.41) is 29.3. The van der Waals surface area contributed by atoms with E-state index < -0.39 is 12.1 Å². The number of aromatic hydroxyl groups is 1. The molecule has 0 aliphatic carbocycles. The lowest BCUT2D eigenvalue weighted by atomic mass is 9.93. The first-order chi connectivity index (χ1) is 10.6. The second-order valence-electron chi connectivity index (χ2n) is 5.76. The Kier molecular flexibility index (Phi) is 3.81. The van der Waals surface area contributed by atoms with E-state index in [9.17, 15) is 10.2 Å². The van der Waals surface area contributed by atoms with Crippen LogP contribution in [0.5, 0.6) is 5.75 Å². The Hall–Kier alpha value is -2.40. The van der Waals surface area contributed by atoms with Crippen molar-refractivity contribution >= 4 is 11.0 Å². The molecule has 2 aromatic carbocycles. The third-order valence-corrected chi connectivity index (χ3v) is 3.90. The number of phenols is 1. The van der Waals surface area contributed by atoms with E-state index in [0.29, 0.717) is 5.56 Å². The van der Waals surface area contributed by atoms with Gasteiger partial charge in [0, 0.05) is 5.56 Å². The van der Waals surface area contributed by atoms with E-state index in [1.54, 1.807) is 16.8 Å². The van der Waals surface area contributed by atoms with Crippen molar-refractivity contribution in [1.29, 1.82) is 0 Å². The standard InChI is InChI=1S/C17H19N3O2/c1-11(2)17(22)16(12-7-3-6-10-15(12)21)20-14-9-5-4-8-13(14)18-19-20/h3-11,16-17,21-22H,1-2H3. The van der Waals surface area contributed by atoms with Crippen molar-refractivity contribution in [2.45, 2.75) is 26.0 Å². The number of phenolic OH excluding ortho intramolecular Hbond substituents is 1. The Morgan fingerprint density at radius 2 is 1.68 bits per heavy atom. The topological polar surface area (TPSA) is 71.2 Å². The van der Waals surface area contributed by atoms with Crippen LogP contribution in [0.2, 0.25) is 0 Å². The molecule has 22 heavy (non-hydrogen) atoms. The molecule has 1 heterocycles. The molecule has 3 aromatic rings. The fraction of sp³-hybridized carbons (Fsp3) is 0.294. The molecular weight excluding hydrogens is 278 g/mol. The molecule has 5 heteroatoms. The third-order valence-electron chi connectivity index (χ3n) is 3.90. The van der Waals surface area contributed by atoms with Crippen molar-refractivity contribution in [3.8, 4) is 5.75 Å². The summed E-state index contributed by atoms with van der Waals surface area (Å²) in [7, 11) is 0. The van der Waals surface area contributed by atoms with Crippen LogP contribution in [0.25, 0.3) is 11.0 Å². The molecule has 0 saturated heterocycles. The average Bonchev–Trinajstić information content (AvgIpc) is 2.93. The zero-order valence-electron chi connectivity index (χ0n) is 12.6. The lowest BCUT2D eigenvalue weighted by Crippen LogP contribution is -2.30. The van der Waals surface area contributed by atoms with Gasteiger partial charge in [-0.25, -0.2) is 4.68 Å². The molecular formula is C17H19N3O2. The summed E-state index contributed by atoms with van der Waals surface area (Å²) < 4.78 is 1.69. The maximum Gasteiger partial charge on any atom is 0.121 e. The summed E-state index contributed by atoms with van der Waals surface area (Å²) in [6, 6.07) is 14.1. The number of nitrogens with zero attached hydrogens (tertiary/aromatic N) is 3. The molecule has 0 aliphatic rings. The molecule has 2 atom stereocenters. The average molecular weight is 297 g/mol. The molecule has 5 nitrogen and oxygen atoms in total. The molecule has 0 saturated carbocycles. The zero-order valence-corrected chi connectivity index (χ0v) is 12.6. The SMILES string of the molecule is CC(C)C(O)C(c1ccccc1O)n1nnc2ccccc21. The van der Waals surface area contributed by atoms with Crippen LogP contribution >= 0.6 is 0 Å². The summed E-state index contributed by atoms with van der Waals surface area (Å²) >= 11 is 0. The number of fused-ring (bicyclic) bond motifs is 1. The van der Waals surface area contributed by atoms with Gasteiger partial charge in [0.1, 0.15) is 17.3 Å². The van der Waals surface area contributed by atoms with Gasteiger partial charge in [0.15, 0.2) is 0 Å². The quantitative estimate of drug-likeness (QED) is 0.777. The monoisotopic (exact) mass is 297 g/mol. The van der Waals surface area contributed by atoms with Crippen LogP contribution in [-0.2, 0) is 0 Å². The van der Waals surface area contributed by atoms with Gasteiger partial charge in [-0.3, -0.25) is 0 Å². The Bertz CT molecular complexity index is 782. The Balaban J connectivity index is 2.20. The van der Waals surface area contributed by atoms with Gasteiger partial charge in [-0.05, 0) is 24.1 Å². The highest BCUT2D eigenvalue weighted by atomic mass is 16.3. The number of aliphatic hydroxyl groups excluding tert-OH is 1. The molecule has 2 N–H and O–H groups in total. The first kappa shape index (κ1) is 14.5. The maximum atomic E-state index is 10.7. The minimum absolute atomic E-state index is 0.00701. The molecule has 0 amide bonds. The van der Waals surface area contributed by atoms with E-state index in [2.05, 4.69) is 10.3 Å². The maximum absolute atomic E-state index is 10.7. The van der Waals surface area contributed by atoms with Gasteiger partial charge >= 0.3 is 0 Å². The number of hydrogen-bond acceptors (Lipinski definition) is 4. The van der Waals surface area contributed by atoms with Crippen LogP contribution in [0.4, 0.5) is 0 Å². The Labute approximate surface area is 128 Å². The molecule has 0 radical (unpaired) electrons. The lowest BCUT2D eigenvalue weighted by Gasteiger charge is -2.27. The molecule has 0 spiro atoms. The highest BCUT2D eigenvalue weighted by Gasteiger charge is 2.29. The molecule has 2 unspecified atom stereocenters. The van der Waals surface area contributed by atoms with E-state index in [0.717, 1.165) is 11.0 Å². The molecule has 0 bridgehead atoms. The molecule has 0 fully saturated rings. The van der Waals surface area contributed by atoms with Crippen LogP contribution < -0.4 is 0 Å². The predicted molar refractivity (Wildman–Crippen MR) is 84.6 cm³/mol. The fourth-order valence-corrected chi connectivity index (χ4v) is 2.66. The summed E-state index contributed by atoms with van der Waals surface area (Å²) in [6.45, 7) is 3.88. The molecule has 1 aromatic heterocycles. The van der Waals surface area contributed by atoms with Gasteiger partial charge < -0.3 is 10.2 Å². The van der Waals surface area contributed by atoms with Crippen molar-refractivity contribution in [3.63, 3.8) is 0 Å². The van der Waals surface area contributed by atoms with Crippen molar-refractivity contribution in [3.05, 3.63) is 54.1 Å². The smallest absolute Gasteiger partial charge is 0.121 e. The number of rotatable bonds is 4. The van der Waals surface area contributed by atoms with Gasteiger partial charge in [0.05, 0.1) is 11.6 Å². The number of aromatic nitrogens is 3. The predicted octanol–water partition coefficient (Wildman–Crippen LogP) is 2.74. The normalized spacial score (nSPS) is 14.4. The van der Waals surface area contributed by atoms with Crippen molar-refractivity contribution in [1.82, 2.24) is 15.0 Å². The van der Waals surface area contributed by atoms with Gasteiger partial charge in [-0.2, -0.15) is 0 Å². The van der Waals surface area contributed by atoms with Crippen LogP contribution in [0.3, 0.4) is 0 Å². The Morgan fingerprint density at radius 1 is 1.00 bits per heavy atom. The van der Waals surface area contributed by atoms with Crippen LogP contribution in [-0.4, -0.2) is 31.3 Å². The van der Waals surface area contributed by atoms with E-state index in [4.69, 9.17) is 0 Å². The second kappa shape index (κ2) is 5.77. The van der Waals surface area contributed by atoms with Crippen molar-refractivity contribution < 1.29 is 10.2 Å². The van der Waals surface area contributed by atoms with E-state index in [-0.39, 0.29) is 11.7 Å². The summed E-state index contributed by atoms with van der Waals surface area (Å²) in [4.78, 5) is 0. The van der Waals surface area contributed by atoms with Gasteiger partial charge in [-0.1, -0.05) is 49.4 Å². The lowest BCUT2D eigenvalue weighted by molar-refractivity contribution is 0.0803. The molecule has 114 valence electrons. The minimum Gasteiger partial charge on any atom is -0.508 e. The van der Waals surface area contributed by atoms with E-state index >= 15 is 0 Å². The Morgan fingerprint density at radius 3 is 2.41 bits per heavy atom. The van der Waals surface area contributed by atoms with Gasteiger partial charge in [0.2, 0.25) is 0 Å². The number of hydrogen-bond donors (Lipinski definition) is 2. The second-order valence-corrected chi connectivity index (χ2v) is 5.76. The fourth-order valence-electron chi connectivity index (χ4n) is 2.66. The van der Waals surface area contributed by atoms with E-state index in [1.807, 2.05) is 50.2 Å².